The summed E-state index contributed by atoms with van der Waals surface area (Å²) in [6.45, 7) is 9.18. The molecule has 0 aromatic carbocycles. The molecule has 0 radical (unpaired) electrons. The Labute approximate surface area is 149 Å². The number of carbonyl (C=O) groups excluding carboxylic acids is 1. The minimum atomic E-state index is -0.178. The smallest absolute Gasteiger partial charge is 0.287 e. The Hall–Kier alpha value is -2.08. The Bertz CT molecular complexity index is 713. The molecule has 1 fully saturated rings. The molecule has 1 aliphatic rings. The van der Waals surface area contributed by atoms with E-state index in [1.807, 2.05) is 19.9 Å². The third kappa shape index (κ3) is 4.12. The lowest BCUT2D eigenvalue weighted by Crippen LogP contribution is -2.28. The maximum Gasteiger partial charge on any atom is 0.287 e. The van der Waals surface area contributed by atoms with Gasteiger partial charge in [0, 0.05) is 30.4 Å². The standard InChI is InChI=1S/C19H28N4O2/c1-4-15(18-20-11-13(3)21-18)22-19(24)17-10-14(16(5-2)25-17)12-23-8-6-7-9-23/h10-11,15H,4-9,12H2,1-3H3,(H,20,21)(H,22,24)/t15-/m1/s1. The summed E-state index contributed by atoms with van der Waals surface area (Å²) < 4.78 is 5.85. The number of aromatic nitrogens is 2. The molecule has 2 aromatic heterocycles. The summed E-state index contributed by atoms with van der Waals surface area (Å²) in [6, 6.07) is 1.77. The van der Waals surface area contributed by atoms with Gasteiger partial charge in [-0.3, -0.25) is 9.69 Å². The van der Waals surface area contributed by atoms with E-state index in [1.165, 1.54) is 12.8 Å². The number of likely N-dealkylation sites (tertiary alicyclic amines) is 1. The molecule has 0 unspecified atom stereocenters. The van der Waals surface area contributed by atoms with Crippen molar-refractivity contribution in [1.82, 2.24) is 20.2 Å². The minimum Gasteiger partial charge on any atom is -0.456 e. The highest BCUT2D eigenvalue weighted by molar-refractivity contribution is 5.92. The zero-order chi connectivity index (χ0) is 17.8. The van der Waals surface area contributed by atoms with Crippen molar-refractivity contribution in [3.05, 3.63) is 40.9 Å². The van der Waals surface area contributed by atoms with Crippen molar-refractivity contribution in [2.24, 2.45) is 0 Å². The fraction of sp³-hybridized carbons (Fsp3) is 0.579. The molecule has 3 heterocycles. The summed E-state index contributed by atoms with van der Waals surface area (Å²) in [5, 5.41) is 3.03. The second-order valence-electron chi connectivity index (χ2n) is 6.78. The molecule has 1 amide bonds. The van der Waals surface area contributed by atoms with Crippen LogP contribution >= 0.6 is 0 Å². The zero-order valence-corrected chi connectivity index (χ0v) is 15.4. The zero-order valence-electron chi connectivity index (χ0n) is 15.4. The molecule has 1 atom stereocenters. The number of hydrogen-bond acceptors (Lipinski definition) is 4. The lowest BCUT2D eigenvalue weighted by atomic mass is 10.2. The van der Waals surface area contributed by atoms with Crippen LogP contribution in [0.2, 0.25) is 0 Å². The minimum absolute atomic E-state index is 0.140. The Morgan fingerprint density at radius 2 is 2.16 bits per heavy atom. The summed E-state index contributed by atoms with van der Waals surface area (Å²) in [7, 11) is 0. The first-order valence-electron chi connectivity index (χ1n) is 9.27. The van der Waals surface area contributed by atoms with Crippen LogP contribution in [0.4, 0.5) is 0 Å². The van der Waals surface area contributed by atoms with Gasteiger partial charge in [-0.25, -0.2) is 4.98 Å². The molecule has 0 spiro atoms. The number of rotatable bonds is 7. The quantitative estimate of drug-likeness (QED) is 0.808. The van der Waals surface area contributed by atoms with Gasteiger partial charge in [0.25, 0.3) is 5.91 Å². The number of nitrogens with zero attached hydrogens (tertiary/aromatic N) is 2. The average Bonchev–Trinajstić information content (AvgIpc) is 3.34. The molecule has 0 saturated carbocycles. The van der Waals surface area contributed by atoms with Crippen molar-refractivity contribution < 1.29 is 9.21 Å². The van der Waals surface area contributed by atoms with Gasteiger partial charge in [0.05, 0.1) is 6.04 Å². The van der Waals surface area contributed by atoms with Crippen LogP contribution in [-0.4, -0.2) is 33.9 Å². The van der Waals surface area contributed by atoms with E-state index in [0.29, 0.717) is 5.76 Å². The second kappa shape index (κ2) is 7.87. The molecule has 1 aliphatic heterocycles. The topological polar surface area (TPSA) is 74.2 Å². The van der Waals surface area contributed by atoms with Crippen LogP contribution in [0.1, 0.15) is 72.5 Å². The maximum absolute atomic E-state index is 12.7. The molecule has 2 N–H and O–H groups in total. The Morgan fingerprint density at radius 1 is 1.40 bits per heavy atom. The summed E-state index contributed by atoms with van der Waals surface area (Å²) >= 11 is 0. The van der Waals surface area contributed by atoms with E-state index in [9.17, 15) is 4.79 Å². The lowest BCUT2D eigenvalue weighted by molar-refractivity contribution is 0.0904. The molecule has 0 aliphatic carbocycles. The van der Waals surface area contributed by atoms with E-state index in [4.69, 9.17) is 4.42 Å². The van der Waals surface area contributed by atoms with E-state index in [0.717, 1.165) is 55.3 Å². The predicted octanol–water partition coefficient (Wildman–Crippen LogP) is 3.35. The van der Waals surface area contributed by atoms with Gasteiger partial charge in [0.2, 0.25) is 0 Å². The number of imidazole rings is 1. The molecule has 3 rings (SSSR count). The van der Waals surface area contributed by atoms with Crippen molar-refractivity contribution >= 4 is 5.91 Å². The number of hydrogen-bond donors (Lipinski definition) is 2. The van der Waals surface area contributed by atoms with Gasteiger partial charge in [-0.15, -0.1) is 0 Å². The van der Waals surface area contributed by atoms with Gasteiger partial charge < -0.3 is 14.7 Å². The number of aryl methyl sites for hydroxylation is 2. The fourth-order valence-corrected chi connectivity index (χ4v) is 3.40. The SMILES string of the molecule is CCc1oc(C(=O)N[C@H](CC)c2ncc(C)[nH]2)cc1CN1CCCC1. The molecule has 136 valence electrons. The van der Waals surface area contributed by atoms with Crippen molar-refractivity contribution in [3.8, 4) is 0 Å². The molecule has 25 heavy (non-hydrogen) atoms. The summed E-state index contributed by atoms with van der Waals surface area (Å²) in [5.74, 6) is 1.92. The first-order valence-corrected chi connectivity index (χ1v) is 9.27. The van der Waals surface area contributed by atoms with E-state index in [2.05, 4.69) is 27.1 Å². The van der Waals surface area contributed by atoms with Gasteiger partial charge in [-0.05, 0) is 45.3 Å². The first-order chi connectivity index (χ1) is 12.1. The van der Waals surface area contributed by atoms with Crippen LogP contribution in [0, 0.1) is 6.92 Å². The van der Waals surface area contributed by atoms with Crippen molar-refractivity contribution in [2.45, 2.75) is 59.0 Å². The van der Waals surface area contributed by atoms with E-state index >= 15 is 0 Å². The summed E-state index contributed by atoms with van der Waals surface area (Å²) in [6.07, 6.45) is 5.85. The first kappa shape index (κ1) is 17.7. The van der Waals surface area contributed by atoms with Crippen molar-refractivity contribution in [1.29, 1.82) is 0 Å². The van der Waals surface area contributed by atoms with Crippen molar-refractivity contribution in [3.63, 3.8) is 0 Å². The Morgan fingerprint density at radius 3 is 2.76 bits per heavy atom. The highest BCUT2D eigenvalue weighted by Gasteiger charge is 2.22. The average molecular weight is 344 g/mol. The largest absolute Gasteiger partial charge is 0.456 e. The van der Waals surface area contributed by atoms with Crippen LogP contribution in [0.25, 0.3) is 0 Å². The Kier molecular flexibility index (Phi) is 5.58. The van der Waals surface area contributed by atoms with E-state index in [1.54, 1.807) is 6.20 Å². The normalized spacial score (nSPS) is 16.3. The molecule has 2 aromatic rings. The monoisotopic (exact) mass is 344 g/mol. The van der Waals surface area contributed by atoms with Gasteiger partial charge in [-0.2, -0.15) is 0 Å². The van der Waals surface area contributed by atoms with Crippen LogP contribution in [0.5, 0.6) is 0 Å². The number of H-pyrrole nitrogens is 1. The summed E-state index contributed by atoms with van der Waals surface area (Å²) in [4.78, 5) is 22.6. The number of carbonyl (C=O) groups is 1. The van der Waals surface area contributed by atoms with Crippen LogP contribution in [-0.2, 0) is 13.0 Å². The third-order valence-corrected chi connectivity index (χ3v) is 4.80. The van der Waals surface area contributed by atoms with Crippen LogP contribution < -0.4 is 5.32 Å². The molecule has 0 bridgehead atoms. The highest BCUT2D eigenvalue weighted by Crippen LogP contribution is 2.22. The van der Waals surface area contributed by atoms with Gasteiger partial charge in [-0.1, -0.05) is 13.8 Å². The molecular formula is C19H28N4O2. The number of amides is 1. The lowest BCUT2D eigenvalue weighted by Gasteiger charge is -2.13. The maximum atomic E-state index is 12.7. The Balaban J connectivity index is 1.71. The third-order valence-electron chi connectivity index (χ3n) is 4.80. The highest BCUT2D eigenvalue weighted by atomic mass is 16.4. The van der Waals surface area contributed by atoms with Crippen LogP contribution in [0.3, 0.4) is 0 Å². The van der Waals surface area contributed by atoms with E-state index in [-0.39, 0.29) is 11.9 Å². The predicted molar refractivity (Wildman–Crippen MR) is 96.4 cm³/mol. The van der Waals surface area contributed by atoms with E-state index < -0.39 is 0 Å². The number of aromatic amines is 1. The molecule has 6 heteroatoms. The fourth-order valence-electron chi connectivity index (χ4n) is 3.40. The van der Waals surface area contributed by atoms with Crippen LogP contribution in [0.15, 0.2) is 16.7 Å². The van der Waals surface area contributed by atoms with Gasteiger partial charge in [0.1, 0.15) is 11.6 Å². The van der Waals surface area contributed by atoms with Crippen molar-refractivity contribution in [2.75, 3.05) is 13.1 Å². The molecule has 1 saturated heterocycles. The number of furan rings is 1. The number of nitrogens with one attached hydrogen (secondary N) is 2. The summed E-state index contributed by atoms with van der Waals surface area (Å²) in [5.41, 5.74) is 2.12. The molecular weight excluding hydrogens is 316 g/mol. The van der Waals surface area contributed by atoms with Gasteiger partial charge >= 0.3 is 0 Å². The van der Waals surface area contributed by atoms with Gasteiger partial charge in [0.15, 0.2) is 5.76 Å². The second-order valence-corrected chi connectivity index (χ2v) is 6.78. The molecule has 6 nitrogen and oxygen atoms in total.